The van der Waals surface area contributed by atoms with Crippen LogP contribution in [0.5, 0.6) is 0 Å². The standard InChI is InChI=1S/C15H15N7O/c23-15(11-9-16-22-8-4-3-7-13(11)22)17-12-6-2-1-5-10(12)14-18-20-21-19-14/h1-2,5-6,9H,3-4,7-8H2,(H,17,23)(H,18,19,20,21). The summed E-state index contributed by atoms with van der Waals surface area (Å²) in [5.74, 6) is 0.280. The molecular formula is C15H15N7O. The highest BCUT2D eigenvalue weighted by atomic mass is 16.1. The topological polar surface area (TPSA) is 101 Å². The van der Waals surface area contributed by atoms with E-state index in [4.69, 9.17) is 0 Å². The van der Waals surface area contributed by atoms with Crippen LogP contribution in [-0.4, -0.2) is 36.3 Å². The molecule has 4 rings (SSSR count). The summed E-state index contributed by atoms with van der Waals surface area (Å²) in [6, 6.07) is 7.38. The summed E-state index contributed by atoms with van der Waals surface area (Å²) >= 11 is 0. The number of carbonyl (C=O) groups excluding carboxylic acids is 1. The summed E-state index contributed by atoms with van der Waals surface area (Å²) in [6.45, 7) is 0.877. The largest absolute Gasteiger partial charge is 0.321 e. The Kier molecular flexibility index (Phi) is 3.34. The molecule has 0 atom stereocenters. The smallest absolute Gasteiger partial charge is 0.259 e. The second kappa shape index (κ2) is 5.64. The number of para-hydroxylation sites is 1. The van der Waals surface area contributed by atoms with Crippen molar-refractivity contribution in [2.24, 2.45) is 0 Å². The van der Waals surface area contributed by atoms with E-state index in [1.54, 1.807) is 6.20 Å². The molecule has 8 heteroatoms. The molecule has 0 bridgehead atoms. The number of hydrogen-bond acceptors (Lipinski definition) is 5. The average Bonchev–Trinajstić information content (AvgIpc) is 3.25. The lowest BCUT2D eigenvalue weighted by Crippen LogP contribution is -2.17. The number of nitrogens with one attached hydrogen (secondary N) is 2. The molecule has 3 heterocycles. The number of H-pyrrole nitrogens is 1. The van der Waals surface area contributed by atoms with Crippen LogP contribution in [-0.2, 0) is 13.0 Å². The minimum absolute atomic E-state index is 0.163. The highest BCUT2D eigenvalue weighted by Gasteiger charge is 2.21. The molecule has 2 aromatic heterocycles. The van der Waals surface area contributed by atoms with Gasteiger partial charge in [0.2, 0.25) is 5.82 Å². The van der Waals surface area contributed by atoms with E-state index in [2.05, 4.69) is 31.0 Å². The predicted octanol–water partition coefficient (Wildman–Crippen LogP) is 1.65. The summed E-state index contributed by atoms with van der Waals surface area (Å²) in [5, 5.41) is 21.2. The Labute approximate surface area is 131 Å². The quantitative estimate of drug-likeness (QED) is 0.766. The molecule has 2 N–H and O–H groups in total. The van der Waals surface area contributed by atoms with Crippen molar-refractivity contribution in [3.8, 4) is 11.4 Å². The molecule has 0 saturated carbocycles. The van der Waals surface area contributed by atoms with Crippen LogP contribution in [0.3, 0.4) is 0 Å². The summed E-state index contributed by atoms with van der Waals surface area (Å²) in [6.07, 6.45) is 4.73. The van der Waals surface area contributed by atoms with Gasteiger partial charge in [0.05, 0.1) is 23.1 Å². The molecule has 3 aromatic rings. The number of hydrogen-bond donors (Lipinski definition) is 2. The fourth-order valence-corrected chi connectivity index (χ4v) is 2.86. The second-order valence-electron chi connectivity index (χ2n) is 5.42. The SMILES string of the molecule is O=C(Nc1ccccc1-c1nn[nH]n1)c1cnn2c1CCCC2. The maximum Gasteiger partial charge on any atom is 0.259 e. The Morgan fingerprint density at radius 1 is 1.26 bits per heavy atom. The zero-order chi connectivity index (χ0) is 15.6. The van der Waals surface area contributed by atoms with Crippen LogP contribution in [0.1, 0.15) is 28.9 Å². The zero-order valence-corrected chi connectivity index (χ0v) is 12.4. The van der Waals surface area contributed by atoms with Crippen molar-refractivity contribution < 1.29 is 4.79 Å². The average molecular weight is 309 g/mol. The van der Waals surface area contributed by atoms with Crippen molar-refractivity contribution in [1.29, 1.82) is 0 Å². The number of fused-ring (bicyclic) bond motifs is 1. The molecule has 1 amide bonds. The maximum atomic E-state index is 12.6. The van der Waals surface area contributed by atoms with Crippen molar-refractivity contribution in [3.63, 3.8) is 0 Å². The number of carbonyl (C=O) groups is 1. The highest BCUT2D eigenvalue weighted by Crippen LogP contribution is 2.25. The van der Waals surface area contributed by atoms with E-state index in [0.717, 1.165) is 37.1 Å². The number of rotatable bonds is 3. The highest BCUT2D eigenvalue weighted by molar-refractivity contribution is 6.06. The Balaban J connectivity index is 1.64. The lowest BCUT2D eigenvalue weighted by Gasteiger charge is -2.15. The summed E-state index contributed by atoms with van der Waals surface area (Å²) in [4.78, 5) is 12.6. The Bertz CT molecular complexity index is 837. The van der Waals surface area contributed by atoms with Crippen molar-refractivity contribution in [2.45, 2.75) is 25.8 Å². The van der Waals surface area contributed by atoms with Crippen LogP contribution in [0, 0.1) is 0 Å². The van der Waals surface area contributed by atoms with Crippen LogP contribution in [0.15, 0.2) is 30.5 Å². The molecule has 8 nitrogen and oxygen atoms in total. The van der Waals surface area contributed by atoms with E-state index >= 15 is 0 Å². The van der Waals surface area contributed by atoms with E-state index in [0.29, 0.717) is 17.1 Å². The summed E-state index contributed by atoms with van der Waals surface area (Å²) in [5.41, 5.74) is 3.00. The van der Waals surface area contributed by atoms with Crippen molar-refractivity contribution in [1.82, 2.24) is 30.4 Å². The van der Waals surface area contributed by atoms with Gasteiger partial charge in [-0.3, -0.25) is 9.48 Å². The number of aromatic amines is 1. The number of benzene rings is 1. The van der Waals surface area contributed by atoms with Crippen molar-refractivity contribution in [2.75, 3.05) is 5.32 Å². The Hall–Kier alpha value is -3.03. The molecular weight excluding hydrogens is 294 g/mol. The van der Waals surface area contributed by atoms with Crippen LogP contribution < -0.4 is 5.32 Å². The van der Waals surface area contributed by atoms with Gasteiger partial charge in [0.25, 0.3) is 5.91 Å². The Morgan fingerprint density at radius 2 is 2.17 bits per heavy atom. The summed E-state index contributed by atoms with van der Waals surface area (Å²) in [7, 11) is 0. The molecule has 0 aliphatic carbocycles. The number of tetrazole rings is 1. The van der Waals surface area contributed by atoms with E-state index < -0.39 is 0 Å². The number of amides is 1. The fourth-order valence-electron chi connectivity index (χ4n) is 2.86. The molecule has 0 fully saturated rings. The number of aryl methyl sites for hydroxylation is 1. The molecule has 23 heavy (non-hydrogen) atoms. The second-order valence-corrected chi connectivity index (χ2v) is 5.42. The van der Waals surface area contributed by atoms with Gasteiger partial charge in [0.15, 0.2) is 0 Å². The molecule has 0 saturated heterocycles. The lowest BCUT2D eigenvalue weighted by atomic mass is 10.1. The Morgan fingerprint density at radius 3 is 3.04 bits per heavy atom. The predicted molar refractivity (Wildman–Crippen MR) is 82.7 cm³/mol. The number of aromatic nitrogens is 6. The normalized spacial score (nSPS) is 13.6. The van der Waals surface area contributed by atoms with Gasteiger partial charge in [-0.25, -0.2) is 0 Å². The monoisotopic (exact) mass is 309 g/mol. The van der Waals surface area contributed by atoms with Crippen molar-refractivity contribution in [3.05, 3.63) is 41.7 Å². The van der Waals surface area contributed by atoms with Crippen molar-refractivity contribution >= 4 is 11.6 Å². The van der Waals surface area contributed by atoms with Crippen LogP contribution in [0.4, 0.5) is 5.69 Å². The molecule has 1 aliphatic rings. The van der Waals surface area contributed by atoms with Gasteiger partial charge < -0.3 is 5.32 Å². The minimum atomic E-state index is -0.163. The number of anilines is 1. The molecule has 0 unspecified atom stereocenters. The zero-order valence-electron chi connectivity index (χ0n) is 12.4. The maximum absolute atomic E-state index is 12.6. The van der Waals surface area contributed by atoms with Gasteiger partial charge in [0.1, 0.15) is 0 Å². The molecule has 1 aromatic carbocycles. The fraction of sp³-hybridized carbons (Fsp3) is 0.267. The van der Waals surface area contributed by atoms with Gasteiger partial charge >= 0.3 is 0 Å². The number of nitrogens with zero attached hydrogens (tertiary/aromatic N) is 5. The molecule has 116 valence electrons. The van der Waals surface area contributed by atoms with Gasteiger partial charge in [-0.05, 0) is 36.6 Å². The molecule has 1 aliphatic heterocycles. The first-order chi connectivity index (χ1) is 11.3. The van der Waals surface area contributed by atoms with E-state index in [9.17, 15) is 4.79 Å². The summed E-state index contributed by atoms with van der Waals surface area (Å²) < 4.78 is 1.92. The third-order valence-corrected chi connectivity index (χ3v) is 3.99. The van der Waals surface area contributed by atoms with E-state index in [1.807, 2.05) is 28.9 Å². The van der Waals surface area contributed by atoms with E-state index in [1.165, 1.54) is 0 Å². The van der Waals surface area contributed by atoms with Gasteiger partial charge in [-0.15, -0.1) is 10.2 Å². The first kappa shape index (κ1) is 13.6. The lowest BCUT2D eigenvalue weighted by molar-refractivity contribution is 0.102. The van der Waals surface area contributed by atoms with Gasteiger partial charge in [0, 0.05) is 12.1 Å². The van der Waals surface area contributed by atoms with Gasteiger partial charge in [-0.2, -0.15) is 10.3 Å². The van der Waals surface area contributed by atoms with E-state index in [-0.39, 0.29) is 5.91 Å². The minimum Gasteiger partial charge on any atom is -0.321 e. The molecule has 0 spiro atoms. The third kappa shape index (κ3) is 2.48. The van der Waals surface area contributed by atoms with Crippen LogP contribution >= 0.6 is 0 Å². The third-order valence-electron chi connectivity index (χ3n) is 3.99. The van der Waals surface area contributed by atoms with Crippen LogP contribution in [0.25, 0.3) is 11.4 Å². The first-order valence-electron chi connectivity index (χ1n) is 7.52. The van der Waals surface area contributed by atoms with Crippen LogP contribution in [0.2, 0.25) is 0 Å². The first-order valence-corrected chi connectivity index (χ1v) is 7.52. The van der Waals surface area contributed by atoms with Gasteiger partial charge in [-0.1, -0.05) is 12.1 Å². The molecule has 0 radical (unpaired) electrons.